The summed E-state index contributed by atoms with van der Waals surface area (Å²) in [6, 6.07) is 2.83. The van der Waals surface area contributed by atoms with E-state index in [1.54, 1.807) is 0 Å². The Morgan fingerprint density at radius 3 is 2.35 bits per heavy atom. The van der Waals surface area contributed by atoms with Crippen molar-refractivity contribution in [2.45, 2.75) is 51.9 Å². The van der Waals surface area contributed by atoms with Crippen molar-refractivity contribution in [2.24, 2.45) is 11.8 Å². The van der Waals surface area contributed by atoms with Crippen molar-refractivity contribution in [1.82, 2.24) is 0 Å². The summed E-state index contributed by atoms with van der Waals surface area (Å²) in [5, 5.41) is 0.705. The van der Waals surface area contributed by atoms with Gasteiger partial charge in [-0.25, -0.2) is 8.78 Å². The molecule has 1 fully saturated rings. The monoisotopic (exact) mass is 336 g/mol. The Morgan fingerprint density at radius 2 is 1.83 bits per heavy atom. The molecule has 0 aliphatic heterocycles. The van der Waals surface area contributed by atoms with E-state index in [4.69, 9.17) is 11.6 Å². The molecule has 0 atom stereocenters. The predicted molar refractivity (Wildman–Crippen MR) is 92.3 cm³/mol. The summed E-state index contributed by atoms with van der Waals surface area (Å²) in [5.74, 6) is 5.19. The Kier molecular flexibility index (Phi) is 6.66. The molecule has 3 heteroatoms. The lowest BCUT2D eigenvalue weighted by molar-refractivity contribution is 0.361. The average molecular weight is 337 g/mol. The number of aryl methyl sites for hydroxylation is 1. The van der Waals surface area contributed by atoms with Crippen molar-refractivity contribution in [2.75, 3.05) is 0 Å². The van der Waals surface area contributed by atoms with Gasteiger partial charge in [-0.3, -0.25) is 0 Å². The summed E-state index contributed by atoms with van der Waals surface area (Å²) in [6.07, 6.45) is 6.33. The number of unbranched alkanes of at least 4 members (excludes halogenated alkanes) is 1. The van der Waals surface area contributed by atoms with Crippen molar-refractivity contribution >= 4 is 11.6 Å². The van der Waals surface area contributed by atoms with Gasteiger partial charge < -0.3 is 0 Å². The van der Waals surface area contributed by atoms with Crippen molar-refractivity contribution in [3.05, 3.63) is 46.5 Å². The van der Waals surface area contributed by atoms with Crippen LogP contribution in [0.25, 0.3) is 0 Å². The summed E-state index contributed by atoms with van der Waals surface area (Å²) >= 11 is 5.94. The van der Waals surface area contributed by atoms with Crippen molar-refractivity contribution < 1.29 is 8.78 Å². The van der Waals surface area contributed by atoms with Crippen molar-refractivity contribution in [3.63, 3.8) is 0 Å². The second-order valence-corrected chi connectivity index (χ2v) is 6.79. The lowest BCUT2D eigenvalue weighted by Crippen LogP contribution is -2.13. The maximum Gasteiger partial charge on any atom is 0.142 e. The number of hydrogen-bond acceptors (Lipinski definition) is 0. The second kappa shape index (κ2) is 8.50. The maximum absolute atomic E-state index is 14.1. The van der Waals surface area contributed by atoms with E-state index in [1.807, 2.05) is 0 Å². The second-order valence-electron chi connectivity index (χ2n) is 6.30. The quantitative estimate of drug-likeness (QED) is 0.573. The van der Waals surface area contributed by atoms with Gasteiger partial charge in [-0.15, -0.1) is 0 Å². The van der Waals surface area contributed by atoms with Gasteiger partial charge in [0.15, 0.2) is 0 Å². The minimum atomic E-state index is -0.550. The van der Waals surface area contributed by atoms with E-state index in [1.165, 1.54) is 12.1 Å². The largest absolute Gasteiger partial charge is 0.206 e. The third-order valence-corrected chi connectivity index (χ3v) is 4.80. The molecule has 0 radical (unpaired) electrons. The first-order valence-corrected chi connectivity index (χ1v) is 8.72. The highest BCUT2D eigenvalue weighted by Gasteiger charge is 2.21. The van der Waals surface area contributed by atoms with E-state index < -0.39 is 11.6 Å². The molecule has 0 amide bonds. The zero-order valence-corrected chi connectivity index (χ0v) is 14.4. The summed E-state index contributed by atoms with van der Waals surface area (Å²) < 4.78 is 28.2. The van der Waals surface area contributed by atoms with Crippen molar-refractivity contribution in [3.8, 4) is 11.8 Å². The highest BCUT2D eigenvalue weighted by Crippen LogP contribution is 2.33. The molecule has 0 aromatic heterocycles. The smallest absolute Gasteiger partial charge is 0.142 e. The van der Waals surface area contributed by atoms with Gasteiger partial charge in [0, 0.05) is 11.0 Å². The van der Waals surface area contributed by atoms with Crippen LogP contribution in [0.5, 0.6) is 0 Å². The molecular formula is C20H23ClF2. The Hall–Kier alpha value is -1.33. The minimum absolute atomic E-state index is 0.103. The zero-order chi connectivity index (χ0) is 16.8. The van der Waals surface area contributed by atoms with Crippen LogP contribution < -0.4 is 0 Å². The van der Waals surface area contributed by atoms with Crippen LogP contribution in [-0.2, 0) is 6.42 Å². The fraction of sp³-hybridized carbons (Fsp3) is 0.500. The first-order valence-electron chi connectivity index (χ1n) is 8.35. The standard InChI is InChI=1S/C20H23ClF2/c1-3-4-5-16-12-19(22)18(20(23)13-16)11-8-15-6-9-17(10-7-15)14(2)21/h12-13,15,17H,2-7,9-10H2,1H3. The summed E-state index contributed by atoms with van der Waals surface area (Å²) in [4.78, 5) is 0. The highest BCUT2D eigenvalue weighted by atomic mass is 35.5. The maximum atomic E-state index is 14.1. The van der Waals surface area contributed by atoms with Gasteiger partial charge in [0.2, 0.25) is 0 Å². The summed E-state index contributed by atoms with van der Waals surface area (Å²) in [7, 11) is 0. The SMILES string of the molecule is C=C(Cl)C1CCC(C#Cc2c(F)cc(CCCC)cc2F)CC1. The van der Waals surface area contributed by atoms with Crippen LogP contribution in [0.4, 0.5) is 8.78 Å². The number of hydrogen-bond donors (Lipinski definition) is 0. The van der Waals surface area contributed by atoms with Crippen LogP contribution in [0, 0.1) is 35.3 Å². The summed E-state index contributed by atoms with van der Waals surface area (Å²) in [6.45, 7) is 5.84. The molecule has 0 bridgehead atoms. The van der Waals surface area contributed by atoms with Gasteiger partial charge in [-0.05, 0) is 62.1 Å². The van der Waals surface area contributed by atoms with E-state index in [0.717, 1.165) is 38.5 Å². The summed E-state index contributed by atoms with van der Waals surface area (Å²) in [5.41, 5.74) is 0.600. The molecule has 0 N–H and O–H groups in total. The van der Waals surface area contributed by atoms with E-state index in [-0.39, 0.29) is 11.5 Å². The molecule has 0 unspecified atom stereocenters. The Balaban J connectivity index is 2.05. The molecule has 2 rings (SSSR count). The highest BCUT2D eigenvalue weighted by molar-refractivity contribution is 6.29. The normalized spacial score (nSPS) is 20.7. The molecule has 23 heavy (non-hydrogen) atoms. The molecule has 1 aromatic rings. The Bertz CT molecular complexity index is 593. The van der Waals surface area contributed by atoms with E-state index in [0.29, 0.717) is 22.9 Å². The van der Waals surface area contributed by atoms with Gasteiger partial charge in [-0.1, -0.05) is 43.4 Å². The average Bonchev–Trinajstić information content (AvgIpc) is 2.52. The van der Waals surface area contributed by atoms with Gasteiger partial charge in [0.25, 0.3) is 0 Å². The molecular weight excluding hydrogens is 314 g/mol. The first-order chi connectivity index (χ1) is 11.0. The third kappa shape index (κ3) is 5.08. The van der Waals surface area contributed by atoms with E-state index in [9.17, 15) is 8.78 Å². The zero-order valence-electron chi connectivity index (χ0n) is 13.6. The molecule has 0 spiro atoms. The van der Waals surface area contributed by atoms with Crippen LogP contribution in [0.15, 0.2) is 23.7 Å². The van der Waals surface area contributed by atoms with Gasteiger partial charge in [0.05, 0.1) is 5.56 Å². The van der Waals surface area contributed by atoms with Crippen molar-refractivity contribution in [1.29, 1.82) is 0 Å². The predicted octanol–water partition coefficient (Wildman–Crippen LogP) is 6.22. The molecule has 1 aromatic carbocycles. The lowest BCUT2D eigenvalue weighted by atomic mass is 9.82. The fourth-order valence-electron chi connectivity index (χ4n) is 3.00. The van der Waals surface area contributed by atoms with Gasteiger partial charge >= 0.3 is 0 Å². The van der Waals surface area contributed by atoms with Crippen LogP contribution in [0.2, 0.25) is 0 Å². The fourth-order valence-corrected chi connectivity index (χ4v) is 3.21. The third-order valence-electron chi connectivity index (χ3n) is 4.49. The minimum Gasteiger partial charge on any atom is -0.206 e. The molecule has 0 nitrogen and oxygen atoms in total. The Labute approximate surface area is 142 Å². The number of rotatable bonds is 4. The lowest BCUT2D eigenvalue weighted by Gasteiger charge is -2.24. The Morgan fingerprint density at radius 1 is 1.22 bits per heavy atom. The topological polar surface area (TPSA) is 0 Å². The number of allylic oxidation sites excluding steroid dienone is 1. The molecule has 0 saturated heterocycles. The van der Waals surface area contributed by atoms with Crippen LogP contribution in [0.3, 0.4) is 0 Å². The molecule has 124 valence electrons. The van der Waals surface area contributed by atoms with E-state index in [2.05, 4.69) is 25.3 Å². The molecule has 0 heterocycles. The van der Waals surface area contributed by atoms with E-state index >= 15 is 0 Å². The molecule has 1 aliphatic carbocycles. The molecule has 1 aliphatic rings. The van der Waals surface area contributed by atoms with Crippen LogP contribution in [-0.4, -0.2) is 0 Å². The molecule has 1 saturated carbocycles. The first kappa shape index (κ1) is 18.0. The van der Waals surface area contributed by atoms with Gasteiger partial charge in [0.1, 0.15) is 11.6 Å². The number of benzene rings is 1. The van der Waals surface area contributed by atoms with Crippen LogP contribution in [0.1, 0.15) is 56.6 Å². The number of halogens is 3. The van der Waals surface area contributed by atoms with Crippen LogP contribution >= 0.6 is 11.6 Å². The van der Waals surface area contributed by atoms with Gasteiger partial charge in [-0.2, -0.15) is 0 Å².